The third-order valence-electron chi connectivity index (χ3n) is 1.42. The van der Waals surface area contributed by atoms with Crippen LogP contribution >= 0.6 is 24.2 Å². The molecule has 64 valence electrons. The van der Waals surface area contributed by atoms with E-state index in [1.165, 1.54) is 0 Å². The molecule has 0 bridgehead atoms. The van der Waals surface area contributed by atoms with Crippen molar-refractivity contribution in [1.82, 2.24) is 0 Å². The average molecular weight is 202 g/mol. The van der Waals surface area contributed by atoms with Crippen molar-refractivity contribution in [2.45, 2.75) is 6.92 Å². The van der Waals surface area contributed by atoms with E-state index < -0.39 is 5.24 Å². The van der Waals surface area contributed by atoms with Crippen LogP contribution in [-0.2, 0) is 0 Å². The van der Waals surface area contributed by atoms with E-state index in [-0.39, 0.29) is 0 Å². The Bertz CT molecular complexity index is 314. The summed E-state index contributed by atoms with van der Waals surface area (Å²) < 4.78 is 0. The van der Waals surface area contributed by atoms with Crippen LogP contribution in [0.4, 0.5) is 10.5 Å². The van der Waals surface area contributed by atoms with E-state index in [1.54, 1.807) is 12.1 Å². The SMILES string of the molecule is Cc1ccc(NC(=O)S)cc1Cl. The molecule has 0 aliphatic rings. The van der Waals surface area contributed by atoms with Crippen molar-refractivity contribution in [3.63, 3.8) is 0 Å². The van der Waals surface area contributed by atoms with Crippen LogP contribution in [0.1, 0.15) is 5.56 Å². The van der Waals surface area contributed by atoms with Gasteiger partial charge in [0.05, 0.1) is 0 Å². The third-order valence-corrected chi connectivity index (χ3v) is 1.94. The molecule has 0 unspecified atom stereocenters. The zero-order valence-electron chi connectivity index (χ0n) is 6.47. The van der Waals surface area contributed by atoms with Crippen molar-refractivity contribution in [3.8, 4) is 0 Å². The van der Waals surface area contributed by atoms with Crippen LogP contribution in [0.15, 0.2) is 18.2 Å². The first kappa shape index (κ1) is 9.42. The monoisotopic (exact) mass is 201 g/mol. The van der Waals surface area contributed by atoms with Gasteiger partial charge in [-0.25, -0.2) is 0 Å². The molecule has 1 rings (SSSR count). The Labute approximate surface area is 81.3 Å². The van der Waals surface area contributed by atoms with E-state index in [9.17, 15) is 4.79 Å². The summed E-state index contributed by atoms with van der Waals surface area (Å²) in [4.78, 5) is 10.5. The zero-order chi connectivity index (χ0) is 9.14. The molecule has 0 fully saturated rings. The Kier molecular flexibility index (Phi) is 3.00. The topological polar surface area (TPSA) is 29.1 Å². The van der Waals surface area contributed by atoms with Crippen molar-refractivity contribution in [2.24, 2.45) is 0 Å². The summed E-state index contributed by atoms with van der Waals surface area (Å²) >= 11 is 9.40. The Morgan fingerprint density at radius 1 is 1.58 bits per heavy atom. The van der Waals surface area contributed by atoms with Crippen molar-refractivity contribution in [1.29, 1.82) is 0 Å². The number of halogens is 1. The Balaban J connectivity index is 2.89. The fourth-order valence-electron chi connectivity index (χ4n) is 0.794. The first-order valence-electron chi connectivity index (χ1n) is 3.35. The van der Waals surface area contributed by atoms with Crippen LogP contribution in [-0.4, -0.2) is 5.24 Å². The van der Waals surface area contributed by atoms with E-state index in [0.717, 1.165) is 5.56 Å². The van der Waals surface area contributed by atoms with Crippen LogP contribution in [0.3, 0.4) is 0 Å². The number of benzene rings is 1. The first-order chi connectivity index (χ1) is 5.59. The highest BCUT2D eigenvalue weighted by molar-refractivity contribution is 7.96. The van der Waals surface area contributed by atoms with Crippen molar-refractivity contribution >= 4 is 35.2 Å². The van der Waals surface area contributed by atoms with Gasteiger partial charge in [-0.05, 0) is 24.6 Å². The molecule has 4 heteroatoms. The van der Waals surface area contributed by atoms with Gasteiger partial charge in [-0.1, -0.05) is 30.3 Å². The molecule has 0 spiro atoms. The van der Waals surface area contributed by atoms with Gasteiger partial charge in [0.1, 0.15) is 0 Å². The molecule has 1 N–H and O–H groups in total. The summed E-state index contributed by atoms with van der Waals surface area (Å²) in [6, 6.07) is 5.29. The molecule has 0 saturated heterocycles. The lowest BCUT2D eigenvalue weighted by Gasteiger charge is -2.02. The number of carbonyl (C=O) groups is 1. The molecule has 0 saturated carbocycles. The fraction of sp³-hybridized carbons (Fsp3) is 0.125. The Morgan fingerprint density at radius 3 is 2.75 bits per heavy atom. The van der Waals surface area contributed by atoms with Gasteiger partial charge in [0.25, 0.3) is 5.24 Å². The molecule has 1 amide bonds. The lowest BCUT2D eigenvalue weighted by atomic mass is 10.2. The van der Waals surface area contributed by atoms with Crippen LogP contribution in [0.2, 0.25) is 5.02 Å². The van der Waals surface area contributed by atoms with E-state index in [4.69, 9.17) is 11.6 Å². The summed E-state index contributed by atoms with van der Waals surface area (Å²) in [5, 5.41) is 2.75. The molecule has 0 atom stereocenters. The second-order valence-corrected chi connectivity index (χ2v) is 3.21. The molecular weight excluding hydrogens is 194 g/mol. The van der Waals surface area contributed by atoms with Gasteiger partial charge in [-0.2, -0.15) is 0 Å². The molecule has 0 heterocycles. The maximum Gasteiger partial charge on any atom is 0.280 e. The molecule has 0 aliphatic heterocycles. The average Bonchev–Trinajstić information content (AvgIpc) is 1.96. The minimum absolute atomic E-state index is 0.394. The number of hydrogen-bond donors (Lipinski definition) is 2. The van der Waals surface area contributed by atoms with Crippen LogP contribution < -0.4 is 5.32 Å². The Morgan fingerprint density at radius 2 is 2.25 bits per heavy atom. The lowest BCUT2D eigenvalue weighted by molar-refractivity contribution is 0.270. The van der Waals surface area contributed by atoms with Crippen molar-refractivity contribution in [2.75, 3.05) is 5.32 Å². The first-order valence-corrected chi connectivity index (χ1v) is 4.18. The maximum atomic E-state index is 10.5. The Hall–Kier alpha value is -0.670. The van der Waals surface area contributed by atoms with Gasteiger partial charge in [0.2, 0.25) is 0 Å². The summed E-state index contributed by atoms with van der Waals surface area (Å²) in [5.74, 6) is 0. The second-order valence-electron chi connectivity index (χ2n) is 2.39. The van der Waals surface area contributed by atoms with Crippen LogP contribution in [0, 0.1) is 6.92 Å². The molecule has 2 nitrogen and oxygen atoms in total. The van der Waals surface area contributed by atoms with Gasteiger partial charge in [-0.15, -0.1) is 0 Å². The van der Waals surface area contributed by atoms with Gasteiger partial charge in [0.15, 0.2) is 0 Å². The highest BCUT2D eigenvalue weighted by Gasteiger charge is 1.98. The van der Waals surface area contributed by atoms with Crippen molar-refractivity contribution in [3.05, 3.63) is 28.8 Å². The summed E-state index contributed by atoms with van der Waals surface area (Å²) in [5.41, 5.74) is 1.64. The van der Waals surface area contributed by atoms with E-state index >= 15 is 0 Å². The van der Waals surface area contributed by atoms with Gasteiger partial charge < -0.3 is 5.32 Å². The molecule has 0 radical (unpaired) electrons. The number of thiol groups is 1. The molecular formula is C8H8ClNOS. The summed E-state index contributed by atoms with van der Waals surface area (Å²) in [7, 11) is 0. The van der Waals surface area contributed by atoms with Gasteiger partial charge in [0, 0.05) is 10.7 Å². The van der Waals surface area contributed by atoms with E-state index in [2.05, 4.69) is 17.9 Å². The normalized spacial score (nSPS) is 9.58. The van der Waals surface area contributed by atoms with E-state index in [1.807, 2.05) is 13.0 Å². The molecule has 1 aromatic carbocycles. The molecule has 0 aromatic heterocycles. The maximum absolute atomic E-state index is 10.5. The predicted molar refractivity (Wildman–Crippen MR) is 54.2 cm³/mol. The smallest absolute Gasteiger partial charge is 0.280 e. The minimum Gasteiger partial charge on any atom is -0.317 e. The highest BCUT2D eigenvalue weighted by atomic mass is 35.5. The zero-order valence-corrected chi connectivity index (χ0v) is 8.12. The number of amides is 1. The fourth-order valence-corrected chi connectivity index (χ4v) is 1.10. The predicted octanol–water partition coefficient (Wildman–Crippen LogP) is 3.11. The highest BCUT2D eigenvalue weighted by Crippen LogP contribution is 2.19. The lowest BCUT2D eigenvalue weighted by Crippen LogP contribution is -2.00. The van der Waals surface area contributed by atoms with E-state index in [0.29, 0.717) is 10.7 Å². The van der Waals surface area contributed by atoms with Gasteiger partial charge >= 0.3 is 0 Å². The number of carbonyl (C=O) groups excluding carboxylic acids is 1. The standard InChI is InChI=1S/C8H8ClNOS/c1-5-2-3-6(4-7(5)9)10-8(11)12/h2-4H,1H3,(H2,10,11,12). The van der Waals surface area contributed by atoms with Crippen LogP contribution in [0.25, 0.3) is 0 Å². The summed E-state index contributed by atoms with van der Waals surface area (Å²) in [6.07, 6.45) is 0. The number of nitrogens with one attached hydrogen (secondary N) is 1. The largest absolute Gasteiger partial charge is 0.317 e. The number of aryl methyl sites for hydroxylation is 1. The molecule has 12 heavy (non-hydrogen) atoms. The van der Waals surface area contributed by atoms with Gasteiger partial charge in [-0.3, -0.25) is 4.79 Å². The number of hydrogen-bond acceptors (Lipinski definition) is 1. The third kappa shape index (κ3) is 2.43. The number of anilines is 1. The molecule has 1 aromatic rings. The quantitative estimate of drug-likeness (QED) is 0.672. The van der Waals surface area contributed by atoms with Crippen LogP contribution in [0.5, 0.6) is 0 Å². The number of rotatable bonds is 1. The minimum atomic E-state index is -0.394. The summed E-state index contributed by atoms with van der Waals surface area (Å²) in [6.45, 7) is 1.90. The van der Waals surface area contributed by atoms with Crippen molar-refractivity contribution < 1.29 is 4.79 Å². The molecule has 0 aliphatic carbocycles. The second kappa shape index (κ2) is 3.83.